The topological polar surface area (TPSA) is 63.4 Å². The first-order valence-electron chi connectivity index (χ1n) is 6.36. The number of halogens is 2. The summed E-state index contributed by atoms with van der Waals surface area (Å²) in [7, 11) is 0. The van der Waals surface area contributed by atoms with Gasteiger partial charge in [-0.1, -0.05) is 44.7 Å². The summed E-state index contributed by atoms with van der Waals surface area (Å²) in [5.74, 6) is 5.41. The van der Waals surface area contributed by atoms with E-state index in [1.807, 2.05) is 0 Å². The van der Waals surface area contributed by atoms with Crippen molar-refractivity contribution >= 4 is 43.7 Å². The molecule has 100 valence electrons. The van der Waals surface area contributed by atoms with Crippen LogP contribution in [0.25, 0.3) is 0 Å². The summed E-state index contributed by atoms with van der Waals surface area (Å²) in [6.07, 6.45) is 5.05. The van der Waals surface area contributed by atoms with Crippen LogP contribution in [0.15, 0.2) is 0 Å². The van der Waals surface area contributed by atoms with Crippen molar-refractivity contribution in [3.8, 4) is 0 Å². The summed E-state index contributed by atoms with van der Waals surface area (Å²) in [6.45, 7) is 0. The third-order valence-corrected chi connectivity index (χ3v) is 7.74. The normalized spacial score (nSPS) is 48.1. The molecule has 0 spiro atoms. The highest BCUT2D eigenvalue weighted by atomic mass is 79.9. The number of hydrogen-bond donors (Lipinski definition) is 1. The minimum absolute atomic E-state index is 0.156. The fourth-order valence-corrected chi connectivity index (χ4v) is 5.68. The maximum absolute atomic E-state index is 12.5. The lowest BCUT2D eigenvalue weighted by Gasteiger charge is -2.51. The number of alkyl halides is 2. The van der Waals surface area contributed by atoms with E-state index < -0.39 is 10.8 Å². The van der Waals surface area contributed by atoms with Gasteiger partial charge in [0, 0.05) is 9.65 Å². The van der Waals surface area contributed by atoms with Crippen LogP contribution in [0.5, 0.6) is 0 Å². The molecule has 1 saturated heterocycles. The number of nitrogens with two attached hydrogens (primary N) is 1. The van der Waals surface area contributed by atoms with Crippen LogP contribution in [-0.2, 0) is 9.59 Å². The van der Waals surface area contributed by atoms with Gasteiger partial charge in [-0.15, -0.1) is 0 Å². The molecule has 2 N–H and O–H groups in total. The van der Waals surface area contributed by atoms with Crippen molar-refractivity contribution in [2.45, 2.75) is 48.2 Å². The van der Waals surface area contributed by atoms with E-state index in [9.17, 15) is 9.59 Å². The largest absolute Gasteiger partial charge is 0.272 e. The molecular weight excluding hydrogens is 364 g/mol. The fourth-order valence-electron chi connectivity index (χ4n) is 4.20. The maximum Gasteiger partial charge on any atom is 0.250 e. The Bertz CT molecular complexity index is 392. The van der Waals surface area contributed by atoms with E-state index in [0.717, 1.165) is 30.7 Å². The van der Waals surface area contributed by atoms with Crippen LogP contribution >= 0.6 is 31.9 Å². The Morgan fingerprint density at radius 3 is 1.78 bits per heavy atom. The molecule has 0 bridgehead atoms. The number of nitrogens with zero attached hydrogens (tertiary/aromatic N) is 1. The maximum atomic E-state index is 12.5. The third kappa shape index (κ3) is 1.34. The average molecular weight is 380 g/mol. The first kappa shape index (κ1) is 13.1. The van der Waals surface area contributed by atoms with Gasteiger partial charge < -0.3 is 0 Å². The van der Waals surface area contributed by atoms with E-state index in [4.69, 9.17) is 5.84 Å². The molecule has 4 atom stereocenters. The molecule has 1 heterocycles. The molecule has 6 heteroatoms. The van der Waals surface area contributed by atoms with Gasteiger partial charge in [0.2, 0.25) is 0 Å². The lowest BCUT2D eigenvalue weighted by molar-refractivity contribution is -0.143. The molecule has 3 aliphatic rings. The predicted molar refractivity (Wildman–Crippen MR) is 74.0 cm³/mol. The molecule has 0 aromatic carbocycles. The van der Waals surface area contributed by atoms with Crippen LogP contribution < -0.4 is 5.84 Å². The highest BCUT2D eigenvalue weighted by Crippen LogP contribution is 2.65. The smallest absolute Gasteiger partial charge is 0.250 e. The number of rotatable bonds is 0. The zero-order valence-corrected chi connectivity index (χ0v) is 13.2. The summed E-state index contributed by atoms with van der Waals surface area (Å²) < 4.78 is 0. The molecule has 0 aromatic rings. The molecular formula is C12H16Br2N2O2. The van der Waals surface area contributed by atoms with Crippen molar-refractivity contribution < 1.29 is 9.59 Å². The summed E-state index contributed by atoms with van der Waals surface area (Å²) >= 11 is 7.28. The van der Waals surface area contributed by atoms with E-state index in [1.165, 1.54) is 0 Å². The first-order chi connectivity index (χ1) is 8.44. The molecule has 0 unspecified atom stereocenters. The van der Waals surface area contributed by atoms with Crippen molar-refractivity contribution in [2.24, 2.45) is 16.7 Å². The average Bonchev–Trinajstić information content (AvgIpc) is 2.51. The van der Waals surface area contributed by atoms with Gasteiger partial charge in [0.15, 0.2) is 0 Å². The van der Waals surface area contributed by atoms with Gasteiger partial charge in [-0.3, -0.25) is 9.59 Å². The second-order valence-corrected chi connectivity index (χ2v) is 8.14. The van der Waals surface area contributed by atoms with Crippen molar-refractivity contribution in [2.75, 3.05) is 0 Å². The molecule has 4 nitrogen and oxygen atoms in total. The van der Waals surface area contributed by atoms with Gasteiger partial charge >= 0.3 is 0 Å². The Kier molecular flexibility index (Phi) is 2.92. The summed E-state index contributed by atoms with van der Waals surface area (Å²) in [5, 5.41) is 0.899. The minimum Gasteiger partial charge on any atom is -0.272 e. The van der Waals surface area contributed by atoms with Gasteiger partial charge in [-0.2, -0.15) is 0 Å². The number of imide groups is 1. The van der Waals surface area contributed by atoms with E-state index in [-0.39, 0.29) is 21.5 Å². The van der Waals surface area contributed by atoms with Crippen LogP contribution in [0, 0.1) is 10.8 Å². The van der Waals surface area contributed by atoms with E-state index in [2.05, 4.69) is 31.9 Å². The predicted octanol–water partition coefficient (Wildman–Crippen LogP) is 2.10. The Morgan fingerprint density at radius 2 is 1.39 bits per heavy atom. The van der Waals surface area contributed by atoms with E-state index >= 15 is 0 Å². The van der Waals surface area contributed by atoms with Gasteiger partial charge in [-0.05, 0) is 25.7 Å². The second-order valence-electron chi connectivity index (χ2n) is 5.79. The van der Waals surface area contributed by atoms with Gasteiger partial charge in [0.05, 0.1) is 10.8 Å². The Balaban J connectivity index is 2.14. The quantitative estimate of drug-likeness (QED) is 0.303. The third-order valence-electron chi connectivity index (χ3n) is 5.11. The van der Waals surface area contributed by atoms with Crippen molar-refractivity contribution in [3.05, 3.63) is 0 Å². The zero-order valence-electron chi connectivity index (χ0n) is 9.99. The number of carbonyl (C=O) groups is 2. The number of amides is 2. The van der Waals surface area contributed by atoms with Crippen LogP contribution in [0.2, 0.25) is 0 Å². The molecule has 2 aliphatic carbocycles. The standard InChI is InChI=1S/C12H16Br2N2O2/c13-7-5-11-3-1-2-4-12(11,6-8(7)14)10(18)16(15)9(11)17/h7-8H,1-6,15H2/t7-,8+,11-,12-/m0/s1. The number of hydrazine groups is 1. The Hall–Kier alpha value is 0.0600. The highest BCUT2D eigenvalue weighted by Gasteiger charge is 2.71. The minimum atomic E-state index is -0.546. The van der Waals surface area contributed by atoms with Gasteiger partial charge in [0.25, 0.3) is 11.8 Å². The fraction of sp³-hybridized carbons (Fsp3) is 0.833. The van der Waals surface area contributed by atoms with Crippen molar-refractivity contribution in [1.29, 1.82) is 0 Å². The van der Waals surface area contributed by atoms with Crippen molar-refractivity contribution in [1.82, 2.24) is 5.01 Å². The van der Waals surface area contributed by atoms with Crippen molar-refractivity contribution in [3.63, 3.8) is 0 Å². The lowest BCUT2D eigenvalue weighted by Crippen LogP contribution is -2.54. The molecule has 0 radical (unpaired) electrons. The van der Waals surface area contributed by atoms with Crippen LogP contribution in [0.4, 0.5) is 0 Å². The van der Waals surface area contributed by atoms with Crippen LogP contribution in [-0.4, -0.2) is 26.5 Å². The SMILES string of the molecule is NN1C(=O)[C@@]23CCCC[C@]2(C[C@H](Br)[C@H](Br)C3)C1=O. The van der Waals surface area contributed by atoms with E-state index in [1.54, 1.807) is 0 Å². The molecule has 2 saturated carbocycles. The van der Waals surface area contributed by atoms with Gasteiger partial charge in [0.1, 0.15) is 0 Å². The number of carbonyl (C=O) groups excluding carboxylic acids is 2. The van der Waals surface area contributed by atoms with E-state index in [0.29, 0.717) is 12.8 Å². The Labute approximate surface area is 123 Å². The monoisotopic (exact) mass is 378 g/mol. The molecule has 0 aromatic heterocycles. The summed E-state index contributed by atoms with van der Waals surface area (Å²) in [5.41, 5.74) is -1.09. The number of hydrogen-bond acceptors (Lipinski definition) is 3. The molecule has 1 aliphatic heterocycles. The van der Waals surface area contributed by atoms with Crippen LogP contribution in [0.1, 0.15) is 38.5 Å². The molecule has 3 rings (SSSR count). The molecule has 3 fully saturated rings. The first-order valence-corrected chi connectivity index (χ1v) is 8.20. The molecule has 2 amide bonds. The summed E-state index contributed by atoms with van der Waals surface area (Å²) in [4.78, 5) is 25.5. The summed E-state index contributed by atoms with van der Waals surface area (Å²) in [6, 6.07) is 0. The lowest BCUT2D eigenvalue weighted by atomic mass is 9.51. The highest BCUT2D eigenvalue weighted by molar-refractivity contribution is 9.12. The van der Waals surface area contributed by atoms with Crippen LogP contribution in [0.3, 0.4) is 0 Å². The molecule has 18 heavy (non-hydrogen) atoms. The Morgan fingerprint density at radius 1 is 1.00 bits per heavy atom. The van der Waals surface area contributed by atoms with Gasteiger partial charge in [-0.25, -0.2) is 10.9 Å². The second kappa shape index (κ2) is 4.03. The zero-order chi connectivity index (χ0) is 13.1.